The number of esters is 1. The largest absolute Gasteiger partial charge is 0.466 e. The van der Waals surface area contributed by atoms with Crippen molar-refractivity contribution in [2.75, 3.05) is 39.3 Å². The quantitative estimate of drug-likeness (QED) is 0.800. The van der Waals surface area contributed by atoms with Gasteiger partial charge in [-0.05, 0) is 51.2 Å². The van der Waals surface area contributed by atoms with Gasteiger partial charge in [-0.2, -0.15) is 0 Å². The standard InChI is InChI=1S/C14H26N2O2.ClH/c1-3-18-13(17)12-4-8-16(9-5-12)11-14(2)6-7-15-10-14;/h12,15H,3-11H2,1-2H3;1H. The molecule has 0 aromatic heterocycles. The number of likely N-dealkylation sites (tertiary alicyclic amines) is 1. The maximum absolute atomic E-state index is 11.7. The van der Waals surface area contributed by atoms with Crippen molar-refractivity contribution in [3.8, 4) is 0 Å². The van der Waals surface area contributed by atoms with Crippen LogP contribution in [0.4, 0.5) is 0 Å². The molecule has 0 saturated carbocycles. The third-order valence-electron chi connectivity index (χ3n) is 4.27. The third kappa shape index (κ3) is 4.62. The third-order valence-corrected chi connectivity index (χ3v) is 4.27. The molecule has 19 heavy (non-hydrogen) atoms. The Balaban J connectivity index is 0.00000180. The van der Waals surface area contributed by atoms with Crippen LogP contribution in [0.2, 0.25) is 0 Å². The first kappa shape index (κ1) is 16.7. The molecule has 2 aliphatic rings. The summed E-state index contributed by atoms with van der Waals surface area (Å²) in [6, 6.07) is 0. The van der Waals surface area contributed by atoms with Crippen LogP contribution in [-0.4, -0.2) is 50.2 Å². The highest BCUT2D eigenvalue weighted by Gasteiger charge is 2.33. The maximum Gasteiger partial charge on any atom is 0.309 e. The number of halogens is 1. The van der Waals surface area contributed by atoms with Crippen molar-refractivity contribution in [1.82, 2.24) is 10.2 Å². The Bertz CT molecular complexity index is 285. The van der Waals surface area contributed by atoms with E-state index in [0.29, 0.717) is 12.0 Å². The lowest BCUT2D eigenvalue weighted by Crippen LogP contribution is -2.43. The summed E-state index contributed by atoms with van der Waals surface area (Å²) in [5, 5.41) is 3.45. The Morgan fingerprint density at radius 3 is 2.63 bits per heavy atom. The minimum atomic E-state index is 0. The van der Waals surface area contributed by atoms with Crippen LogP contribution in [0.5, 0.6) is 0 Å². The van der Waals surface area contributed by atoms with Crippen molar-refractivity contribution in [2.45, 2.75) is 33.1 Å². The summed E-state index contributed by atoms with van der Waals surface area (Å²) in [5.41, 5.74) is 0.427. The fourth-order valence-corrected chi connectivity index (χ4v) is 3.13. The van der Waals surface area contributed by atoms with Crippen molar-refractivity contribution in [1.29, 1.82) is 0 Å². The van der Waals surface area contributed by atoms with Gasteiger partial charge < -0.3 is 15.0 Å². The number of hydrogen-bond acceptors (Lipinski definition) is 4. The number of ether oxygens (including phenoxy) is 1. The zero-order chi connectivity index (χ0) is 13.0. The van der Waals surface area contributed by atoms with E-state index in [1.165, 1.54) is 6.42 Å². The van der Waals surface area contributed by atoms with Gasteiger partial charge in [0.25, 0.3) is 0 Å². The van der Waals surface area contributed by atoms with Crippen molar-refractivity contribution in [3.63, 3.8) is 0 Å². The lowest BCUT2D eigenvalue weighted by atomic mass is 9.87. The summed E-state index contributed by atoms with van der Waals surface area (Å²) in [5.74, 6) is 0.140. The summed E-state index contributed by atoms with van der Waals surface area (Å²) in [4.78, 5) is 14.2. The minimum Gasteiger partial charge on any atom is -0.466 e. The second kappa shape index (κ2) is 7.46. The molecule has 0 radical (unpaired) electrons. The lowest BCUT2D eigenvalue weighted by molar-refractivity contribution is -0.149. The van der Waals surface area contributed by atoms with Gasteiger partial charge in [-0.15, -0.1) is 12.4 Å². The Morgan fingerprint density at radius 2 is 2.11 bits per heavy atom. The summed E-state index contributed by atoms with van der Waals surface area (Å²) in [7, 11) is 0. The van der Waals surface area contributed by atoms with Crippen LogP contribution in [0.15, 0.2) is 0 Å². The Kier molecular flexibility index (Phi) is 6.57. The number of carbonyl (C=O) groups is 1. The predicted octanol–water partition coefficient (Wildman–Crippen LogP) is 1.68. The van der Waals surface area contributed by atoms with Gasteiger partial charge in [0.2, 0.25) is 0 Å². The van der Waals surface area contributed by atoms with Crippen molar-refractivity contribution >= 4 is 18.4 Å². The molecule has 0 amide bonds. The average Bonchev–Trinajstić information content (AvgIpc) is 2.77. The van der Waals surface area contributed by atoms with E-state index in [4.69, 9.17) is 4.74 Å². The fraction of sp³-hybridized carbons (Fsp3) is 0.929. The lowest BCUT2D eigenvalue weighted by Gasteiger charge is -2.36. The molecule has 1 unspecified atom stereocenters. The fourth-order valence-electron chi connectivity index (χ4n) is 3.13. The molecule has 0 aromatic carbocycles. The van der Waals surface area contributed by atoms with Gasteiger partial charge in [0.1, 0.15) is 0 Å². The first-order chi connectivity index (χ1) is 8.63. The molecule has 1 atom stereocenters. The highest BCUT2D eigenvalue weighted by atomic mass is 35.5. The van der Waals surface area contributed by atoms with Crippen LogP contribution in [0.3, 0.4) is 0 Å². The van der Waals surface area contributed by atoms with Crippen LogP contribution < -0.4 is 5.32 Å². The molecule has 0 aromatic rings. The molecule has 2 aliphatic heterocycles. The average molecular weight is 291 g/mol. The first-order valence-corrected chi connectivity index (χ1v) is 7.23. The van der Waals surface area contributed by atoms with E-state index in [2.05, 4.69) is 17.1 Å². The second-order valence-electron chi connectivity index (χ2n) is 6.04. The van der Waals surface area contributed by atoms with Crippen molar-refractivity contribution in [2.24, 2.45) is 11.3 Å². The summed E-state index contributed by atoms with van der Waals surface area (Å²) >= 11 is 0. The molecule has 2 saturated heterocycles. The monoisotopic (exact) mass is 290 g/mol. The number of nitrogens with zero attached hydrogens (tertiary/aromatic N) is 1. The molecular formula is C14H27ClN2O2. The van der Waals surface area contributed by atoms with E-state index in [1.807, 2.05) is 6.92 Å². The van der Waals surface area contributed by atoms with E-state index in [-0.39, 0.29) is 24.3 Å². The molecular weight excluding hydrogens is 264 g/mol. The minimum absolute atomic E-state index is 0. The number of nitrogens with one attached hydrogen (secondary N) is 1. The highest BCUT2D eigenvalue weighted by Crippen LogP contribution is 2.28. The molecule has 2 fully saturated rings. The number of hydrogen-bond donors (Lipinski definition) is 1. The van der Waals surface area contributed by atoms with Gasteiger partial charge in [-0.25, -0.2) is 0 Å². The van der Waals surface area contributed by atoms with Crippen LogP contribution >= 0.6 is 12.4 Å². The van der Waals surface area contributed by atoms with Crippen LogP contribution in [-0.2, 0) is 9.53 Å². The summed E-state index contributed by atoms with van der Waals surface area (Å²) < 4.78 is 5.10. The molecule has 2 heterocycles. The summed E-state index contributed by atoms with van der Waals surface area (Å²) in [6.07, 6.45) is 3.19. The van der Waals surface area contributed by atoms with E-state index in [9.17, 15) is 4.79 Å². The molecule has 112 valence electrons. The van der Waals surface area contributed by atoms with Gasteiger partial charge >= 0.3 is 5.97 Å². The molecule has 1 N–H and O–H groups in total. The van der Waals surface area contributed by atoms with Gasteiger partial charge in [-0.1, -0.05) is 6.92 Å². The van der Waals surface area contributed by atoms with E-state index >= 15 is 0 Å². The highest BCUT2D eigenvalue weighted by molar-refractivity contribution is 5.85. The Labute approximate surface area is 122 Å². The predicted molar refractivity (Wildman–Crippen MR) is 78.6 cm³/mol. The van der Waals surface area contributed by atoms with E-state index < -0.39 is 0 Å². The summed E-state index contributed by atoms with van der Waals surface area (Å²) in [6.45, 7) is 10.3. The zero-order valence-electron chi connectivity index (χ0n) is 12.1. The SMILES string of the molecule is CCOC(=O)C1CCN(CC2(C)CCNC2)CC1.Cl. The van der Waals surface area contributed by atoms with Crippen molar-refractivity contribution in [3.05, 3.63) is 0 Å². The number of rotatable bonds is 4. The van der Waals surface area contributed by atoms with Crippen molar-refractivity contribution < 1.29 is 9.53 Å². The number of carbonyl (C=O) groups excluding carboxylic acids is 1. The van der Waals surface area contributed by atoms with Crippen LogP contribution in [0, 0.1) is 11.3 Å². The Hall–Kier alpha value is -0.320. The molecule has 0 aliphatic carbocycles. The molecule has 4 nitrogen and oxygen atoms in total. The van der Waals surface area contributed by atoms with Gasteiger partial charge in [0.15, 0.2) is 0 Å². The van der Waals surface area contributed by atoms with Gasteiger partial charge in [0.05, 0.1) is 12.5 Å². The van der Waals surface area contributed by atoms with E-state index in [1.54, 1.807) is 0 Å². The van der Waals surface area contributed by atoms with Crippen LogP contribution in [0.25, 0.3) is 0 Å². The maximum atomic E-state index is 11.7. The Morgan fingerprint density at radius 1 is 1.42 bits per heavy atom. The van der Waals surface area contributed by atoms with Gasteiger partial charge in [-0.3, -0.25) is 4.79 Å². The molecule has 0 spiro atoms. The second-order valence-corrected chi connectivity index (χ2v) is 6.04. The zero-order valence-corrected chi connectivity index (χ0v) is 12.9. The smallest absolute Gasteiger partial charge is 0.309 e. The molecule has 2 rings (SSSR count). The van der Waals surface area contributed by atoms with Crippen LogP contribution in [0.1, 0.15) is 33.1 Å². The normalized spacial score (nSPS) is 28.9. The molecule has 5 heteroatoms. The number of piperidine rings is 1. The first-order valence-electron chi connectivity index (χ1n) is 7.23. The van der Waals surface area contributed by atoms with Gasteiger partial charge in [0, 0.05) is 13.1 Å². The molecule has 0 bridgehead atoms. The topological polar surface area (TPSA) is 41.6 Å². The van der Waals surface area contributed by atoms with E-state index in [0.717, 1.165) is 45.6 Å².